The van der Waals surface area contributed by atoms with Gasteiger partial charge in [0.15, 0.2) is 0 Å². The van der Waals surface area contributed by atoms with Crippen LogP contribution >= 0.6 is 0 Å². The van der Waals surface area contributed by atoms with Gasteiger partial charge in [-0.15, -0.1) is 0 Å². The number of hydrogen-bond acceptors (Lipinski definition) is 2. The summed E-state index contributed by atoms with van der Waals surface area (Å²) in [6.45, 7) is 5.90. The maximum Gasteiger partial charge on any atom is 0.123 e. The number of rotatable bonds is 7. The van der Waals surface area contributed by atoms with Crippen molar-refractivity contribution >= 4 is 0 Å². The van der Waals surface area contributed by atoms with Gasteiger partial charge in [0.1, 0.15) is 5.82 Å². The molecule has 1 saturated heterocycles. The van der Waals surface area contributed by atoms with Gasteiger partial charge < -0.3 is 10.2 Å². The molecular formula is C17H27FN2. The predicted molar refractivity (Wildman–Crippen MR) is 82.3 cm³/mol. The molecule has 1 fully saturated rings. The third kappa shape index (κ3) is 4.29. The Morgan fingerprint density at radius 3 is 2.75 bits per heavy atom. The molecule has 1 heterocycles. The molecule has 0 saturated carbocycles. The van der Waals surface area contributed by atoms with Crippen LogP contribution in [-0.2, 0) is 0 Å². The lowest BCUT2D eigenvalue weighted by Crippen LogP contribution is -2.27. The first kappa shape index (κ1) is 15.5. The van der Waals surface area contributed by atoms with Gasteiger partial charge in [-0.3, -0.25) is 0 Å². The standard InChI is InChI=1S/C17H27FN2/c1-3-4-14-9-11-20(13-14)12-10-17(19-2)15-5-7-16(18)8-6-15/h5-8,14,17,19H,3-4,9-13H2,1-2H3. The molecule has 1 N–H and O–H groups in total. The molecule has 0 aliphatic carbocycles. The van der Waals surface area contributed by atoms with Crippen LogP contribution in [-0.4, -0.2) is 31.6 Å². The maximum absolute atomic E-state index is 13.0. The molecule has 0 spiro atoms. The zero-order valence-electron chi connectivity index (χ0n) is 12.7. The van der Waals surface area contributed by atoms with E-state index in [9.17, 15) is 4.39 Å². The molecule has 2 atom stereocenters. The molecule has 1 aliphatic heterocycles. The van der Waals surface area contributed by atoms with Crippen LogP contribution in [0.5, 0.6) is 0 Å². The summed E-state index contributed by atoms with van der Waals surface area (Å²) in [6.07, 6.45) is 5.10. The van der Waals surface area contributed by atoms with E-state index in [2.05, 4.69) is 17.1 Å². The average Bonchev–Trinajstić information content (AvgIpc) is 2.89. The molecule has 112 valence electrons. The Morgan fingerprint density at radius 1 is 1.35 bits per heavy atom. The summed E-state index contributed by atoms with van der Waals surface area (Å²) in [6, 6.07) is 7.20. The van der Waals surface area contributed by atoms with Crippen LogP contribution < -0.4 is 5.32 Å². The van der Waals surface area contributed by atoms with Crippen molar-refractivity contribution in [3.63, 3.8) is 0 Å². The molecular weight excluding hydrogens is 251 g/mol. The monoisotopic (exact) mass is 278 g/mol. The molecule has 0 bridgehead atoms. The number of nitrogens with one attached hydrogen (secondary N) is 1. The number of hydrogen-bond donors (Lipinski definition) is 1. The first-order valence-corrected chi connectivity index (χ1v) is 7.88. The first-order chi connectivity index (χ1) is 9.72. The highest BCUT2D eigenvalue weighted by atomic mass is 19.1. The normalized spacial score (nSPS) is 21.2. The Hall–Kier alpha value is -0.930. The highest BCUT2D eigenvalue weighted by molar-refractivity contribution is 5.19. The maximum atomic E-state index is 13.0. The molecule has 0 amide bonds. The van der Waals surface area contributed by atoms with Gasteiger partial charge >= 0.3 is 0 Å². The molecule has 1 aliphatic rings. The SMILES string of the molecule is CCCC1CCN(CCC(NC)c2ccc(F)cc2)C1. The van der Waals surface area contributed by atoms with Gasteiger partial charge in [-0.05, 0) is 63.0 Å². The summed E-state index contributed by atoms with van der Waals surface area (Å²) < 4.78 is 13.0. The molecule has 3 heteroatoms. The van der Waals surface area contributed by atoms with Crippen LogP contribution in [0.3, 0.4) is 0 Å². The van der Waals surface area contributed by atoms with Crippen LogP contribution in [0, 0.1) is 11.7 Å². The third-order valence-corrected chi connectivity index (χ3v) is 4.42. The lowest BCUT2D eigenvalue weighted by atomic mass is 10.0. The molecule has 2 unspecified atom stereocenters. The summed E-state index contributed by atoms with van der Waals surface area (Å²) in [4.78, 5) is 2.58. The summed E-state index contributed by atoms with van der Waals surface area (Å²) in [7, 11) is 1.98. The average molecular weight is 278 g/mol. The fourth-order valence-corrected chi connectivity index (χ4v) is 3.24. The number of benzene rings is 1. The van der Waals surface area contributed by atoms with E-state index in [4.69, 9.17) is 0 Å². The van der Waals surface area contributed by atoms with Gasteiger partial charge in [-0.2, -0.15) is 0 Å². The first-order valence-electron chi connectivity index (χ1n) is 7.88. The van der Waals surface area contributed by atoms with Gasteiger partial charge in [-0.25, -0.2) is 4.39 Å². The second-order valence-corrected chi connectivity index (χ2v) is 5.93. The lowest BCUT2D eigenvalue weighted by molar-refractivity contribution is 0.299. The van der Waals surface area contributed by atoms with Gasteiger partial charge in [0, 0.05) is 12.6 Å². The van der Waals surface area contributed by atoms with Crippen molar-refractivity contribution in [2.24, 2.45) is 5.92 Å². The zero-order chi connectivity index (χ0) is 14.4. The Morgan fingerprint density at radius 2 is 2.10 bits per heavy atom. The summed E-state index contributed by atoms with van der Waals surface area (Å²) in [5.41, 5.74) is 1.18. The van der Waals surface area contributed by atoms with Crippen LogP contribution in [0.2, 0.25) is 0 Å². The lowest BCUT2D eigenvalue weighted by Gasteiger charge is -2.21. The smallest absolute Gasteiger partial charge is 0.123 e. The topological polar surface area (TPSA) is 15.3 Å². The highest BCUT2D eigenvalue weighted by Gasteiger charge is 2.22. The fourth-order valence-electron chi connectivity index (χ4n) is 3.24. The second kappa shape index (κ2) is 7.75. The van der Waals surface area contributed by atoms with Gasteiger partial charge in [0.05, 0.1) is 0 Å². The van der Waals surface area contributed by atoms with Crippen molar-refractivity contribution in [3.05, 3.63) is 35.6 Å². The van der Waals surface area contributed by atoms with Crippen molar-refractivity contribution in [2.45, 2.75) is 38.6 Å². The number of halogens is 1. The molecule has 2 nitrogen and oxygen atoms in total. The third-order valence-electron chi connectivity index (χ3n) is 4.42. The molecule has 1 aromatic carbocycles. The van der Waals surface area contributed by atoms with E-state index in [1.165, 1.54) is 37.9 Å². The predicted octanol–water partition coefficient (Wildman–Crippen LogP) is 3.60. The highest BCUT2D eigenvalue weighted by Crippen LogP contribution is 2.23. The Balaban J connectivity index is 1.81. The van der Waals surface area contributed by atoms with E-state index in [0.29, 0.717) is 6.04 Å². The van der Waals surface area contributed by atoms with Crippen molar-refractivity contribution in [1.29, 1.82) is 0 Å². The van der Waals surface area contributed by atoms with Gasteiger partial charge in [-0.1, -0.05) is 25.5 Å². The van der Waals surface area contributed by atoms with Crippen LogP contribution in [0.25, 0.3) is 0 Å². The van der Waals surface area contributed by atoms with Crippen LogP contribution in [0.1, 0.15) is 44.2 Å². The number of nitrogens with zero attached hydrogens (tertiary/aromatic N) is 1. The quantitative estimate of drug-likeness (QED) is 0.820. The fraction of sp³-hybridized carbons (Fsp3) is 0.647. The molecule has 2 rings (SSSR count). The van der Waals surface area contributed by atoms with E-state index in [1.54, 1.807) is 12.1 Å². The largest absolute Gasteiger partial charge is 0.313 e. The van der Waals surface area contributed by atoms with E-state index in [-0.39, 0.29) is 5.82 Å². The van der Waals surface area contributed by atoms with Crippen molar-refractivity contribution in [1.82, 2.24) is 10.2 Å². The Kier molecular flexibility index (Phi) is 5.99. The van der Waals surface area contributed by atoms with Crippen molar-refractivity contribution in [3.8, 4) is 0 Å². The van der Waals surface area contributed by atoms with E-state index in [1.807, 2.05) is 19.2 Å². The second-order valence-electron chi connectivity index (χ2n) is 5.93. The van der Waals surface area contributed by atoms with E-state index >= 15 is 0 Å². The Labute approximate surface area is 122 Å². The molecule has 0 aromatic heterocycles. The van der Waals surface area contributed by atoms with Crippen LogP contribution in [0.4, 0.5) is 4.39 Å². The summed E-state index contributed by atoms with van der Waals surface area (Å²) >= 11 is 0. The minimum absolute atomic E-state index is 0.162. The zero-order valence-corrected chi connectivity index (χ0v) is 12.7. The van der Waals surface area contributed by atoms with Gasteiger partial charge in [0.25, 0.3) is 0 Å². The Bertz CT molecular complexity index is 390. The van der Waals surface area contributed by atoms with Crippen molar-refractivity contribution in [2.75, 3.05) is 26.7 Å². The molecule has 20 heavy (non-hydrogen) atoms. The van der Waals surface area contributed by atoms with E-state index < -0.39 is 0 Å². The van der Waals surface area contributed by atoms with Crippen LogP contribution in [0.15, 0.2) is 24.3 Å². The van der Waals surface area contributed by atoms with Crippen molar-refractivity contribution < 1.29 is 4.39 Å². The summed E-state index contributed by atoms with van der Waals surface area (Å²) in [5, 5.41) is 3.35. The minimum Gasteiger partial charge on any atom is -0.313 e. The number of likely N-dealkylation sites (tertiary alicyclic amines) is 1. The van der Waals surface area contributed by atoms with E-state index in [0.717, 1.165) is 18.9 Å². The van der Waals surface area contributed by atoms with Gasteiger partial charge in [0.2, 0.25) is 0 Å². The minimum atomic E-state index is -0.162. The molecule has 0 radical (unpaired) electrons. The molecule has 1 aromatic rings. The summed E-state index contributed by atoms with van der Waals surface area (Å²) in [5.74, 6) is 0.740.